The smallest absolute Gasteiger partial charge is 0.263 e. The minimum Gasteiger partial charge on any atom is -0.506 e. The summed E-state index contributed by atoms with van der Waals surface area (Å²) in [6.07, 6.45) is 1.46. The molecule has 27 heavy (non-hydrogen) atoms. The van der Waals surface area contributed by atoms with Crippen LogP contribution in [0.3, 0.4) is 0 Å². The lowest BCUT2D eigenvalue weighted by Gasteiger charge is -2.02. The molecule has 1 heterocycles. The summed E-state index contributed by atoms with van der Waals surface area (Å²) >= 11 is 6.47. The van der Waals surface area contributed by atoms with Crippen molar-refractivity contribution < 1.29 is 9.90 Å². The van der Waals surface area contributed by atoms with Gasteiger partial charge < -0.3 is 5.11 Å². The Labute approximate surface area is 171 Å². The van der Waals surface area contributed by atoms with E-state index in [1.165, 1.54) is 11.0 Å². The van der Waals surface area contributed by atoms with E-state index >= 15 is 0 Å². The standard InChI is InChI=1S/C17H14Br2N6O2/c1-10-4-2-3-5-12(10)17-22-24-25(23-17)9-15(26)21-20-8-11-6-13(18)16(27)14(19)7-11/h2-8,27H,9H2,1H3,(H,21,26)/b20-8-. The first-order chi connectivity index (χ1) is 12.9. The number of aryl methyl sites for hydroxylation is 1. The van der Waals surface area contributed by atoms with Gasteiger partial charge in [0, 0.05) is 5.56 Å². The van der Waals surface area contributed by atoms with Crippen molar-refractivity contribution in [1.82, 2.24) is 25.6 Å². The fraction of sp³-hybridized carbons (Fsp3) is 0.118. The molecule has 0 aliphatic heterocycles. The van der Waals surface area contributed by atoms with Gasteiger partial charge in [0.05, 0.1) is 15.2 Å². The highest BCUT2D eigenvalue weighted by Crippen LogP contribution is 2.32. The molecule has 0 saturated heterocycles. The molecule has 8 nitrogen and oxygen atoms in total. The maximum Gasteiger partial charge on any atom is 0.263 e. The van der Waals surface area contributed by atoms with Crippen molar-refractivity contribution in [1.29, 1.82) is 0 Å². The highest BCUT2D eigenvalue weighted by molar-refractivity contribution is 9.11. The number of phenols is 1. The molecule has 1 amide bonds. The molecule has 0 aliphatic rings. The first-order valence-electron chi connectivity index (χ1n) is 7.78. The Morgan fingerprint density at radius 3 is 2.70 bits per heavy atom. The molecular weight excluding hydrogens is 480 g/mol. The molecule has 1 aromatic heterocycles. The molecule has 2 aromatic carbocycles. The molecule has 2 N–H and O–H groups in total. The molecule has 10 heteroatoms. The first kappa shape index (κ1) is 19.2. The number of carbonyl (C=O) groups is 1. The zero-order chi connectivity index (χ0) is 19.4. The molecule has 138 valence electrons. The molecule has 0 aliphatic carbocycles. The van der Waals surface area contributed by atoms with Gasteiger partial charge in [0.1, 0.15) is 12.3 Å². The minimum absolute atomic E-state index is 0.0953. The summed E-state index contributed by atoms with van der Waals surface area (Å²) in [5.41, 5.74) is 4.98. The van der Waals surface area contributed by atoms with Crippen LogP contribution in [0.1, 0.15) is 11.1 Å². The van der Waals surface area contributed by atoms with Gasteiger partial charge in [-0.3, -0.25) is 4.79 Å². The quantitative estimate of drug-likeness (QED) is 0.419. The van der Waals surface area contributed by atoms with E-state index in [0.29, 0.717) is 20.3 Å². The van der Waals surface area contributed by atoms with Gasteiger partial charge in [0.2, 0.25) is 5.82 Å². The number of benzene rings is 2. The Morgan fingerprint density at radius 1 is 1.30 bits per heavy atom. The van der Waals surface area contributed by atoms with Crippen LogP contribution in [0.5, 0.6) is 5.75 Å². The van der Waals surface area contributed by atoms with Gasteiger partial charge in [-0.05, 0) is 67.3 Å². The minimum atomic E-state index is -0.392. The van der Waals surface area contributed by atoms with Crippen LogP contribution in [-0.2, 0) is 11.3 Å². The van der Waals surface area contributed by atoms with E-state index in [-0.39, 0.29) is 12.3 Å². The summed E-state index contributed by atoms with van der Waals surface area (Å²) in [5.74, 6) is 0.165. The molecule has 0 unspecified atom stereocenters. The summed E-state index contributed by atoms with van der Waals surface area (Å²) in [5, 5.41) is 25.7. The second-order valence-electron chi connectivity index (χ2n) is 5.58. The van der Waals surface area contributed by atoms with Crippen LogP contribution in [0.4, 0.5) is 0 Å². The molecule has 3 aromatic rings. The number of hydrogen-bond acceptors (Lipinski definition) is 6. The fourth-order valence-electron chi connectivity index (χ4n) is 2.24. The lowest BCUT2D eigenvalue weighted by Crippen LogP contribution is -2.24. The van der Waals surface area contributed by atoms with Crippen molar-refractivity contribution in [3.05, 3.63) is 56.5 Å². The second kappa shape index (κ2) is 8.40. The number of tetrazole rings is 1. The Morgan fingerprint density at radius 2 is 2.00 bits per heavy atom. The van der Waals surface area contributed by atoms with Crippen LogP contribution in [0.15, 0.2) is 50.4 Å². The highest BCUT2D eigenvalue weighted by atomic mass is 79.9. The van der Waals surface area contributed by atoms with Crippen molar-refractivity contribution in [2.45, 2.75) is 13.5 Å². The topological polar surface area (TPSA) is 105 Å². The van der Waals surface area contributed by atoms with Crippen molar-refractivity contribution in [2.75, 3.05) is 0 Å². The average molecular weight is 494 g/mol. The molecule has 3 rings (SSSR count). The number of nitrogens with one attached hydrogen (secondary N) is 1. The second-order valence-corrected chi connectivity index (χ2v) is 7.29. The van der Waals surface area contributed by atoms with Crippen molar-refractivity contribution in [3.8, 4) is 17.1 Å². The van der Waals surface area contributed by atoms with E-state index in [2.05, 4.69) is 57.8 Å². The zero-order valence-electron chi connectivity index (χ0n) is 14.1. The van der Waals surface area contributed by atoms with Crippen molar-refractivity contribution in [3.63, 3.8) is 0 Å². The maximum absolute atomic E-state index is 12.0. The first-order valence-corrected chi connectivity index (χ1v) is 9.36. The Bertz CT molecular complexity index is 995. The summed E-state index contributed by atoms with van der Waals surface area (Å²) in [6.45, 7) is 1.84. The van der Waals surface area contributed by atoms with E-state index in [0.717, 1.165) is 11.1 Å². The number of hydrogen-bond donors (Lipinski definition) is 2. The number of carbonyl (C=O) groups excluding carboxylic acids is 1. The van der Waals surface area contributed by atoms with Gasteiger partial charge in [-0.15, -0.1) is 10.2 Å². The number of amides is 1. The normalized spacial score (nSPS) is 11.1. The van der Waals surface area contributed by atoms with E-state index in [9.17, 15) is 9.90 Å². The number of aromatic nitrogens is 4. The summed E-state index contributed by atoms with van der Waals surface area (Å²) in [6, 6.07) is 11.0. The number of phenolic OH excluding ortho intramolecular Hbond substituents is 1. The number of hydrazone groups is 1. The predicted octanol–water partition coefficient (Wildman–Crippen LogP) is 3.03. The molecular formula is C17H14Br2N6O2. The number of rotatable bonds is 5. The van der Waals surface area contributed by atoms with Crippen molar-refractivity contribution >= 4 is 44.0 Å². The van der Waals surface area contributed by atoms with E-state index in [4.69, 9.17) is 0 Å². The van der Waals surface area contributed by atoms with Gasteiger partial charge in [-0.25, -0.2) is 5.43 Å². The summed E-state index contributed by atoms with van der Waals surface area (Å²) in [4.78, 5) is 13.2. The van der Waals surface area contributed by atoms with Gasteiger partial charge in [0.15, 0.2) is 0 Å². The molecule has 0 fully saturated rings. The lowest BCUT2D eigenvalue weighted by atomic mass is 10.1. The van der Waals surface area contributed by atoms with E-state index < -0.39 is 5.91 Å². The van der Waals surface area contributed by atoms with Gasteiger partial charge >= 0.3 is 0 Å². The van der Waals surface area contributed by atoms with E-state index in [1.807, 2.05) is 31.2 Å². The zero-order valence-corrected chi connectivity index (χ0v) is 17.3. The molecule has 0 bridgehead atoms. The van der Waals surface area contributed by atoms with Gasteiger partial charge in [-0.2, -0.15) is 9.90 Å². The van der Waals surface area contributed by atoms with E-state index in [1.54, 1.807) is 12.1 Å². The third-order valence-corrected chi connectivity index (χ3v) is 4.77. The molecule has 0 radical (unpaired) electrons. The largest absolute Gasteiger partial charge is 0.506 e. The van der Waals surface area contributed by atoms with Crippen LogP contribution in [0.2, 0.25) is 0 Å². The Balaban J connectivity index is 1.61. The van der Waals surface area contributed by atoms with Gasteiger partial charge in [-0.1, -0.05) is 24.3 Å². The van der Waals surface area contributed by atoms with Gasteiger partial charge in [0.25, 0.3) is 5.91 Å². The lowest BCUT2D eigenvalue weighted by molar-refractivity contribution is -0.122. The van der Waals surface area contributed by atoms with Crippen LogP contribution in [0.25, 0.3) is 11.4 Å². The third kappa shape index (κ3) is 4.77. The predicted molar refractivity (Wildman–Crippen MR) is 107 cm³/mol. The fourth-order valence-corrected chi connectivity index (χ4v) is 3.47. The number of halogens is 2. The van der Waals surface area contributed by atoms with Crippen LogP contribution in [0, 0.1) is 6.92 Å². The molecule has 0 spiro atoms. The molecule has 0 saturated carbocycles. The number of nitrogens with zero attached hydrogens (tertiary/aromatic N) is 5. The Hall–Kier alpha value is -2.59. The summed E-state index contributed by atoms with van der Waals surface area (Å²) < 4.78 is 1.03. The van der Waals surface area contributed by atoms with Crippen LogP contribution < -0.4 is 5.43 Å². The SMILES string of the molecule is Cc1ccccc1-c1nnn(CC(=O)N/N=C\c2cc(Br)c(O)c(Br)c2)n1. The van der Waals surface area contributed by atoms with Crippen LogP contribution >= 0.6 is 31.9 Å². The molecule has 0 atom stereocenters. The van der Waals surface area contributed by atoms with Crippen molar-refractivity contribution in [2.24, 2.45) is 5.10 Å². The Kier molecular flexibility index (Phi) is 5.97. The third-order valence-electron chi connectivity index (χ3n) is 3.57. The monoisotopic (exact) mass is 492 g/mol. The maximum atomic E-state index is 12.0. The highest BCUT2D eigenvalue weighted by Gasteiger charge is 2.10. The average Bonchev–Trinajstić information content (AvgIpc) is 3.08. The van der Waals surface area contributed by atoms with Crippen LogP contribution in [-0.4, -0.2) is 37.4 Å². The number of aromatic hydroxyl groups is 1. The summed E-state index contributed by atoms with van der Waals surface area (Å²) in [7, 11) is 0.